The maximum atomic E-state index is 2.52. The predicted octanol–water partition coefficient (Wildman–Crippen LogP) is 15.2. The van der Waals surface area contributed by atoms with Crippen LogP contribution in [0.3, 0.4) is 0 Å². The van der Waals surface area contributed by atoms with Crippen molar-refractivity contribution in [1.82, 2.24) is 0 Å². The van der Waals surface area contributed by atoms with Gasteiger partial charge in [0.05, 0.1) is 27.5 Å². The van der Waals surface area contributed by atoms with Gasteiger partial charge in [0.1, 0.15) is 0 Å². The Morgan fingerprint density at radius 2 is 0.672 bits per heavy atom. The zero-order valence-electron chi connectivity index (χ0n) is 36.8. The molecule has 0 amide bonds. The van der Waals surface area contributed by atoms with Gasteiger partial charge >= 0.3 is 0 Å². The first-order chi connectivity index (χ1) is 27.3. The molecule has 4 heteroatoms. The molecule has 0 heterocycles. The highest BCUT2D eigenvalue weighted by Crippen LogP contribution is 2.49. The first-order valence-electron chi connectivity index (χ1n) is 21.0. The Kier molecular flexibility index (Phi) is 9.77. The van der Waals surface area contributed by atoms with Gasteiger partial charge in [-0.05, 0) is 92.0 Å². The van der Waals surface area contributed by atoms with Gasteiger partial charge in [-0.25, -0.2) is 0 Å². The molecule has 58 heavy (non-hydrogen) atoms. The lowest BCUT2D eigenvalue weighted by molar-refractivity contribution is 0.590. The van der Waals surface area contributed by atoms with Gasteiger partial charge in [0.2, 0.25) is 0 Å². The summed E-state index contributed by atoms with van der Waals surface area (Å²) in [4.78, 5) is 5.04. The number of benzene rings is 8. The summed E-state index contributed by atoms with van der Waals surface area (Å²) in [5.74, 6) is 0. The van der Waals surface area contributed by atoms with E-state index < -0.39 is 16.1 Å². The molecule has 0 aromatic heterocycles. The standard InChI is InChI=1S/C54H60N2Si2/c1-53(2,3)45-17-13-15-19-49(45)55(39-25-29-41(30-26-39)57(7,8)9)47-35-23-37-22-34-44-48(36-24-38-21-33-43(47)51(37)52(38)44)56(40-27-31-42(32-28-40)58(10,11)12)50-20-16-14-18-46(50)54(4,5)6/h13-36H,1-12H3. The van der Waals surface area contributed by atoms with Crippen molar-refractivity contribution in [2.75, 3.05) is 9.80 Å². The zero-order chi connectivity index (χ0) is 41.4. The van der Waals surface area contributed by atoms with Gasteiger partial charge in [-0.1, -0.05) is 188 Å². The minimum atomic E-state index is -1.49. The van der Waals surface area contributed by atoms with Gasteiger partial charge in [-0.15, -0.1) is 0 Å². The predicted molar refractivity (Wildman–Crippen MR) is 263 cm³/mol. The Hall–Kier alpha value is -5.17. The summed E-state index contributed by atoms with van der Waals surface area (Å²) in [5.41, 5.74) is 9.75. The maximum absolute atomic E-state index is 2.52. The Bertz CT molecular complexity index is 2560. The monoisotopic (exact) mass is 792 g/mol. The molecule has 8 aromatic carbocycles. The van der Waals surface area contributed by atoms with Crippen LogP contribution in [0.5, 0.6) is 0 Å². The molecule has 0 N–H and O–H groups in total. The largest absolute Gasteiger partial charge is 0.310 e. The van der Waals surface area contributed by atoms with Crippen LogP contribution in [0.25, 0.3) is 32.3 Å². The zero-order valence-corrected chi connectivity index (χ0v) is 38.8. The maximum Gasteiger partial charge on any atom is 0.0775 e. The van der Waals surface area contributed by atoms with E-state index in [4.69, 9.17) is 0 Å². The van der Waals surface area contributed by atoms with Crippen LogP contribution in [0.1, 0.15) is 52.7 Å². The average Bonchev–Trinajstić information content (AvgIpc) is 3.17. The molecule has 0 aliphatic carbocycles. The van der Waals surface area contributed by atoms with Crippen molar-refractivity contribution in [1.29, 1.82) is 0 Å². The summed E-state index contributed by atoms with van der Waals surface area (Å²) < 4.78 is 0. The van der Waals surface area contributed by atoms with Gasteiger partial charge in [0.15, 0.2) is 0 Å². The Balaban J connectivity index is 1.41. The van der Waals surface area contributed by atoms with Crippen molar-refractivity contribution < 1.29 is 0 Å². The van der Waals surface area contributed by atoms with E-state index in [0.29, 0.717) is 0 Å². The lowest BCUT2D eigenvalue weighted by Crippen LogP contribution is -2.37. The van der Waals surface area contributed by atoms with E-state index in [1.807, 2.05) is 0 Å². The fourth-order valence-electron chi connectivity index (χ4n) is 8.80. The second kappa shape index (κ2) is 14.3. The molecule has 0 fully saturated rings. The molecule has 294 valence electrons. The van der Waals surface area contributed by atoms with E-state index in [9.17, 15) is 0 Å². The number of anilines is 6. The third-order valence-electron chi connectivity index (χ3n) is 12.0. The van der Waals surface area contributed by atoms with Crippen LogP contribution < -0.4 is 20.2 Å². The third kappa shape index (κ3) is 7.15. The van der Waals surface area contributed by atoms with Gasteiger partial charge < -0.3 is 9.80 Å². The van der Waals surface area contributed by atoms with E-state index in [1.54, 1.807) is 0 Å². The Morgan fingerprint density at radius 1 is 0.345 bits per heavy atom. The summed E-state index contributed by atoms with van der Waals surface area (Å²) in [6, 6.07) is 55.7. The number of para-hydroxylation sites is 2. The van der Waals surface area contributed by atoms with Crippen LogP contribution in [-0.2, 0) is 10.8 Å². The summed E-state index contributed by atoms with van der Waals surface area (Å²) in [6.07, 6.45) is 0. The van der Waals surface area contributed by atoms with E-state index in [2.05, 4.69) is 236 Å². The van der Waals surface area contributed by atoms with Crippen LogP contribution >= 0.6 is 0 Å². The van der Waals surface area contributed by atoms with Crippen molar-refractivity contribution in [2.24, 2.45) is 0 Å². The van der Waals surface area contributed by atoms with Crippen LogP contribution in [-0.4, -0.2) is 16.1 Å². The molecule has 8 aromatic rings. The summed E-state index contributed by atoms with van der Waals surface area (Å²) in [6.45, 7) is 28.5. The fraction of sp³-hybridized carbons (Fsp3) is 0.259. The van der Waals surface area contributed by atoms with Crippen molar-refractivity contribution in [3.63, 3.8) is 0 Å². The van der Waals surface area contributed by atoms with E-state index in [0.717, 1.165) is 0 Å². The van der Waals surface area contributed by atoms with Crippen molar-refractivity contribution >= 4 is 93.0 Å². The SMILES string of the molecule is CC(C)(C)c1ccccc1N(c1ccc([Si](C)(C)C)cc1)c1ccc2ccc3c(N(c4ccc([Si](C)(C)C)cc4)c4ccccc4C(C)(C)C)ccc4ccc1c2c43. The number of hydrogen-bond donors (Lipinski definition) is 0. The van der Waals surface area contributed by atoms with Crippen LogP contribution in [0.15, 0.2) is 146 Å². The van der Waals surface area contributed by atoms with Crippen molar-refractivity contribution in [3.8, 4) is 0 Å². The molecule has 0 unspecified atom stereocenters. The minimum absolute atomic E-state index is 0.0497. The smallest absolute Gasteiger partial charge is 0.0775 e. The Morgan fingerprint density at radius 3 is 1.00 bits per heavy atom. The van der Waals surface area contributed by atoms with Crippen LogP contribution in [0, 0.1) is 0 Å². The number of nitrogens with zero attached hydrogens (tertiary/aromatic N) is 2. The summed E-state index contributed by atoms with van der Waals surface area (Å²) in [5, 5.41) is 10.6. The topological polar surface area (TPSA) is 6.48 Å². The quantitative estimate of drug-likeness (QED) is 0.112. The minimum Gasteiger partial charge on any atom is -0.310 e. The lowest BCUT2D eigenvalue weighted by Gasteiger charge is -2.34. The molecular formula is C54H60N2Si2. The van der Waals surface area contributed by atoms with Gasteiger partial charge in [0.25, 0.3) is 0 Å². The van der Waals surface area contributed by atoms with Crippen molar-refractivity contribution in [3.05, 3.63) is 157 Å². The van der Waals surface area contributed by atoms with Crippen LogP contribution in [0.2, 0.25) is 39.3 Å². The molecule has 0 saturated carbocycles. The average molecular weight is 793 g/mol. The second-order valence-electron chi connectivity index (χ2n) is 20.4. The molecule has 0 atom stereocenters. The Labute approximate surface area is 349 Å². The normalized spacial score (nSPS) is 12.8. The first-order valence-corrected chi connectivity index (χ1v) is 28.0. The summed E-state index contributed by atoms with van der Waals surface area (Å²) in [7, 11) is -2.98. The van der Waals surface area contributed by atoms with Crippen molar-refractivity contribution in [2.45, 2.75) is 91.7 Å². The highest BCUT2D eigenvalue weighted by molar-refractivity contribution is 6.89. The fourth-order valence-corrected chi connectivity index (χ4v) is 11.1. The number of rotatable bonds is 8. The molecular weight excluding hydrogens is 733 g/mol. The highest BCUT2D eigenvalue weighted by atomic mass is 28.3. The van der Waals surface area contributed by atoms with Gasteiger partial charge in [0, 0.05) is 33.5 Å². The van der Waals surface area contributed by atoms with E-state index >= 15 is 0 Å². The lowest BCUT2D eigenvalue weighted by atomic mass is 9.84. The van der Waals surface area contributed by atoms with Crippen LogP contribution in [0.4, 0.5) is 34.1 Å². The molecule has 8 rings (SSSR count). The molecule has 0 saturated heterocycles. The molecule has 0 aliphatic heterocycles. The molecule has 2 nitrogen and oxygen atoms in total. The third-order valence-corrected chi connectivity index (χ3v) is 16.1. The van der Waals surface area contributed by atoms with E-state index in [1.165, 1.54) is 87.9 Å². The first kappa shape index (κ1) is 39.7. The van der Waals surface area contributed by atoms with Gasteiger partial charge in [-0.2, -0.15) is 0 Å². The molecule has 0 radical (unpaired) electrons. The van der Waals surface area contributed by atoms with E-state index in [-0.39, 0.29) is 10.8 Å². The number of hydrogen-bond acceptors (Lipinski definition) is 2. The van der Waals surface area contributed by atoms with Gasteiger partial charge in [-0.3, -0.25) is 0 Å². The molecule has 0 bridgehead atoms. The molecule has 0 aliphatic rings. The molecule has 0 spiro atoms. The second-order valence-corrected chi connectivity index (χ2v) is 30.5. The highest BCUT2D eigenvalue weighted by Gasteiger charge is 2.28. The summed E-state index contributed by atoms with van der Waals surface area (Å²) >= 11 is 0.